The molecule has 3 N–H and O–H groups in total. The number of aromatic nitrogens is 2. The minimum absolute atomic E-state index is 0.00914. The minimum Gasteiger partial charge on any atom is -0.383 e. The highest BCUT2D eigenvalue weighted by Gasteiger charge is 2.44. The number of aliphatic hydroxyl groups is 1. The number of rotatable bonds is 3. The van der Waals surface area contributed by atoms with Crippen LogP contribution in [-0.4, -0.2) is 39.7 Å². The molecule has 0 spiro atoms. The summed E-state index contributed by atoms with van der Waals surface area (Å²) >= 11 is 0. The molecule has 2 aliphatic rings. The van der Waals surface area contributed by atoms with E-state index in [-0.39, 0.29) is 43.0 Å². The van der Waals surface area contributed by atoms with Crippen LogP contribution in [0.3, 0.4) is 0 Å². The van der Waals surface area contributed by atoms with Crippen molar-refractivity contribution in [3.05, 3.63) is 38.3 Å². The Morgan fingerprint density at radius 1 is 1.17 bits per heavy atom. The third kappa shape index (κ3) is 3.24. The largest absolute Gasteiger partial charge is 0.414 e. The summed E-state index contributed by atoms with van der Waals surface area (Å²) in [6, 6.07) is 0.915. The predicted molar refractivity (Wildman–Crippen MR) is 103 cm³/mol. The zero-order valence-corrected chi connectivity index (χ0v) is 16.2. The zero-order valence-electron chi connectivity index (χ0n) is 16.2. The molecule has 11 heteroatoms. The van der Waals surface area contributed by atoms with E-state index in [9.17, 15) is 27.9 Å². The number of piperidine rings is 1. The van der Waals surface area contributed by atoms with Crippen molar-refractivity contribution in [3.8, 4) is 0 Å². The van der Waals surface area contributed by atoms with Crippen molar-refractivity contribution < 1.29 is 22.7 Å². The fourth-order valence-electron chi connectivity index (χ4n) is 4.42. The van der Waals surface area contributed by atoms with E-state index in [0.29, 0.717) is 15.8 Å². The first kappa shape index (κ1) is 20.7. The van der Waals surface area contributed by atoms with Crippen LogP contribution >= 0.6 is 0 Å². The summed E-state index contributed by atoms with van der Waals surface area (Å²) in [5.41, 5.74) is -0.634. The number of aliphatic hydroxyl groups excluding tert-OH is 1. The van der Waals surface area contributed by atoms with E-state index in [1.807, 2.05) is 0 Å². The summed E-state index contributed by atoms with van der Waals surface area (Å²) in [6.07, 6.45) is -5.56. The van der Waals surface area contributed by atoms with Crippen LogP contribution in [0.2, 0.25) is 0 Å². The molecule has 164 valence electrons. The maximum Gasteiger partial charge on any atom is 0.414 e. The Labute approximate surface area is 168 Å². The number of alkyl halides is 3. The Bertz CT molecular complexity index is 1110. The number of hydrogen-bond donors (Lipinski definition) is 2. The molecule has 1 saturated carbocycles. The number of halogens is 4. The molecule has 4 rings (SSSR count). The standard InChI is InChI=1S/C19H22F4N4O3/c1-9-14-12(17(29)27(24)18(30)26(14)11-2-3-11)8-13(20)15(9)25-6-4-10(5-7-25)16(28)19(21,22)23/h8,10-11,16,28H,2-7,24H2,1H3. The van der Waals surface area contributed by atoms with Crippen molar-refractivity contribution in [1.82, 2.24) is 9.24 Å². The van der Waals surface area contributed by atoms with Gasteiger partial charge in [-0.15, -0.1) is 0 Å². The molecule has 1 aromatic heterocycles. The summed E-state index contributed by atoms with van der Waals surface area (Å²) < 4.78 is 55.3. The summed E-state index contributed by atoms with van der Waals surface area (Å²) in [5, 5.41) is 9.50. The molecule has 1 saturated heterocycles. The molecule has 2 aromatic rings. The van der Waals surface area contributed by atoms with Gasteiger partial charge in [0.1, 0.15) is 5.82 Å². The smallest absolute Gasteiger partial charge is 0.383 e. The van der Waals surface area contributed by atoms with Crippen LogP contribution in [0.4, 0.5) is 23.2 Å². The molecular formula is C19H22F4N4O3. The van der Waals surface area contributed by atoms with Gasteiger partial charge >= 0.3 is 11.9 Å². The Kier molecular flexibility index (Phi) is 4.83. The highest BCUT2D eigenvalue weighted by molar-refractivity contribution is 5.87. The number of nitrogen functional groups attached to an aromatic ring is 1. The number of fused-ring (bicyclic) bond motifs is 1. The highest BCUT2D eigenvalue weighted by atomic mass is 19.4. The van der Waals surface area contributed by atoms with Crippen LogP contribution in [-0.2, 0) is 0 Å². The number of anilines is 1. The normalized spacial score (nSPS) is 19.5. The second-order valence-corrected chi connectivity index (χ2v) is 8.10. The lowest BCUT2D eigenvalue weighted by molar-refractivity contribution is -0.221. The van der Waals surface area contributed by atoms with Gasteiger partial charge in [-0.05, 0) is 44.6 Å². The maximum absolute atomic E-state index is 15.0. The molecule has 0 bridgehead atoms. The second-order valence-electron chi connectivity index (χ2n) is 8.10. The average molecular weight is 430 g/mol. The lowest BCUT2D eigenvalue weighted by atomic mass is 9.90. The fraction of sp³-hybridized carbons (Fsp3) is 0.579. The second kappa shape index (κ2) is 7.00. The number of nitrogens with zero attached hydrogens (tertiary/aromatic N) is 3. The molecule has 1 unspecified atom stereocenters. The summed E-state index contributed by atoms with van der Waals surface area (Å²) in [7, 11) is 0. The SMILES string of the molecule is Cc1c(N2CCC(C(O)C(F)(F)F)CC2)c(F)cc2c(=O)n(N)c(=O)n(C3CC3)c12. The Morgan fingerprint density at radius 3 is 2.30 bits per heavy atom. The highest BCUT2D eigenvalue weighted by Crippen LogP contribution is 2.39. The molecule has 0 amide bonds. The summed E-state index contributed by atoms with van der Waals surface area (Å²) in [6.45, 7) is 1.82. The molecule has 1 aliphatic carbocycles. The van der Waals surface area contributed by atoms with Gasteiger partial charge in [-0.3, -0.25) is 9.36 Å². The van der Waals surface area contributed by atoms with E-state index in [2.05, 4.69) is 0 Å². The first-order valence-corrected chi connectivity index (χ1v) is 9.77. The van der Waals surface area contributed by atoms with Gasteiger partial charge in [0, 0.05) is 24.7 Å². The van der Waals surface area contributed by atoms with Crippen molar-refractivity contribution in [3.63, 3.8) is 0 Å². The van der Waals surface area contributed by atoms with Gasteiger partial charge in [0.2, 0.25) is 0 Å². The van der Waals surface area contributed by atoms with E-state index in [1.54, 1.807) is 11.8 Å². The van der Waals surface area contributed by atoms with Crippen LogP contribution in [0.5, 0.6) is 0 Å². The minimum atomic E-state index is -4.70. The van der Waals surface area contributed by atoms with Crippen molar-refractivity contribution in [1.29, 1.82) is 0 Å². The van der Waals surface area contributed by atoms with Crippen molar-refractivity contribution in [2.75, 3.05) is 23.8 Å². The molecule has 1 aromatic carbocycles. The lowest BCUT2D eigenvalue weighted by Gasteiger charge is -2.37. The van der Waals surface area contributed by atoms with Crippen LogP contribution in [0.15, 0.2) is 15.7 Å². The molecule has 30 heavy (non-hydrogen) atoms. The van der Waals surface area contributed by atoms with Crippen LogP contribution in [0.25, 0.3) is 10.9 Å². The molecular weight excluding hydrogens is 408 g/mol. The molecule has 7 nitrogen and oxygen atoms in total. The van der Waals surface area contributed by atoms with Crippen molar-refractivity contribution in [2.45, 2.75) is 50.9 Å². The topological polar surface area (TPSA) is 93.5 Å². The first-order valence-electron chi connectivity index (χ1n) is 9.77. The van der Waals surface area contributed by atoms with Crippen LogP contribution in [0.1, 0.15) is 37.3 Å². The maximum atomic E-state index is 15.0. The van der Waals surface area contributed by atoms with Gasteiger partial charge in [-0.2, -0.15) is 17.8 Å². The van der Waals surface area contributed by atoms with E-state index < -0.39 is 35.3 Å². The number of hydrogen-bond acceptors (Lipinski definition) is 5. The van der Waals surface area contributed by atoms with E-state index in [1.165, 1.54) is 4.57 Å². The number of nitrogens with two attached hydrogens (primary N) is 1. The van der Waals surface area contributed by atoms with E-state index in [4.69, 9.17) is 5.84 Å². The van der Waals surface area contributed by atoms with Gasteiger partial charge in [0.15, 0.2) is 6.10 Å². The Hall–Kier alpha value is -2.56. The molecule has 2 fully saturated rings. The van der Waals surface area contributed by atoms with E-state index >= 15 is 4.39 Å². The monoisotopic (exact) mass is 430 g/mol. The molecule has 1 atom stereocenters. The van der Waals surface area contributed by atoms with Crippen molar-refractivity contribution in [2.24, 2.45) is 5.92 Å². The van der Waals surface area contributed by atoms with Gasteiger partial charge in [0.25, 0.3) is 5.56 Å². The van der Waals surface area contributed by atoms with Crippen LogP contribution in [0, 0.1) is 18.7 Å². The lowest BCUT2D eigenvalue weighted by Crippen LogP contribution is -2.45. The van der Waals surface area contributed by atoms with Gasteiger partial charge in [-0.25, -0.2) is 9.18 Å². The molecule has 0 radical (unpaired) electrons. The average Bonchev–Trinajstić information content (AvgIpc) is 3.51. The van der Waals surface area contributed by atoms with Crippen LogP contribution < -0.4 is 22.0 Å². The Morgan fingerprint density at radius 2 is 1.77 bits per heavy atom. The predicted octanol–water partition coefficient (Wildman–Crippen LogP) is 1.80. The number of benzene rings is 1. The third-order valence-corrected chi connectivity index (χ3v) is 6.11. The fourth-order valence-corrected chi connectivity index (χ4v) is 4.42. The molecule has 1 aliphatic heterocycles. The van der Waals surface area contributed by atoms with Gasteiger partial charge < -0.3 is 15.8 Å². The summed E-state index contributed by atoms with van der Waals surface area (Å²) in [5.74, 6) is 3.94. The molecule has 2 heterocycles. The number of aryl methyl sites for hydroxylation is 1. The first-order chi connectivity index (χ1) is 14.0. The van der Waals surface area contributed by atoms with Crippen molar-refractivity contribution >= 4 is 16.6 Å². The third-order valence-electron chi connectivity index (χ3n) is 6.11. The van der Waals surface area contributed by atoms with Gasteiger partial charge in [0.05, 0.1) is 16.6 Å². The Balaban J connectivity index is 1.77. The summed E-state index contributed by atoms with van der Waals surface area (Å²) in [4.78, 5) is 26.6. The van der Waals surface area contributed by atoms with E-state index in [0.717, 1.165) is 18.9 Å². The quantitative estimate of drug-likeness (QED) is 0.572. The zero-order chi connectivity index (χ0) is 22.0. The van der Waals surface area contributed by atoms with Gasteiger partial charge in [-0.1, -0.05) is 0 Å².